The predicted molar refractivity (Wildman–Crippen MR) is 76.8 cm³/mol. The average molecular weight is 278 g/mol. The first-order chi connectivity index (χ1) is 9.04. The molecule has 1 heterocycles. The molecule has 0 fully saturated rings. The highest BCUT2D eigenvalue weighted by Crippen LogP contribution is 2.22. The number of hydrogen-bond donors (Lipinski definition) is 1. The number of nitrogens with one attached hydrogen (secondary N) is 1. The van der Waals surface area contributed by atoms with Gasteiger partial charge in [0.1, 0.15) is 5.82 Å². The maximum Gasteiger partial charge on any atom is 0.258 e. The molecule has 2 rings (SSSR count). The zero-order valence-electron chi connectivity index (χ0n) is 11.2. The van der Waals surface area contributed by atoms with Crippen LogP contribution in [0.3, 0.4) is 0 Å². The summed E-state index contributed by atoms with van der Waals surface area (Å²) in [5.41, 5.74) is 2.29. The van der Waals surface area contributed by atoms with Crippen molar-refractivity contribution in [3.8, 4) is 0 Å². The molecule has 0 aliphatic rings. The van der Waals surface area contributed by atoms with Crippen LogP contribution in [-0.2, 0) is 6.54 Å². The van der Waals surface area contributed by atoms with Crippen LogP contribution in [-0.4, -0.2) is 15.7 Å². The van der Waals surface area contributed by atoms with Crippen LogP contribution >= 0.6 is 11.6 Å². The third kappa shape index (κ3) is 2.63. The molecular formula is C14H16ClN3O. The van der Waals surface area contributed by atoms with Crippen molar-refractivity contribution in [3.63, 3.8) is 0 Å². The van der Waals surface area contributed by atoms with Gasteiger partial charge in [-0.2, -0.15) is 5.10 Å². The number of rotatable bonds is 3. The average Bonchev–Trinajstić information content (AvgIpc) is 2.74. The summed E-state index contributed by atoms with van der Waals surface area (Å²) >= 11 is 6.16. The molecule has 19 heavy (non-hydrogen) atoms. The van der Waals surface area contributed by atoms with Crippen molar-refractivity contribution in [2.24, 2.45) is 0 Å². The number of halogens is 1. The molecule has 0 radical (unpaired) electrons. The molecule has 0 atom stereocenters. The monoisotopic (exact) mass is 277 g/mol. The van der Waals surface area contributed by atoms with Crippen LogP contribution in [0, 0.1) is 13.8 Å². The van der Waals surface area contributed by atoms with Gasteiger partial charge in [0.25, 0.3) is 5.91 Å². The molecule has 5 heteroatoms. The van der Waals surface area contributed by atoms with Crippen LogP contribution < -0.4 is 5.32 Å². The van der Waals surface area contributed by atoms with Crippen LogP contribution in [0.25, 0.3) is 0 Å². The lowest BCUT2D eigenvalue weighted by atomic mass is 10.1. The molecule has 0 spiro atoms. The summed E-state index contributed by atoms with van der Waals surface area (Å²) in [4.78, 5) is 12.3. The van der Waals surface area contributed by atoms with Crippen molar-refractivity contribution in [1.29, 1.82) is 0 Å². The maximum absolute atomic E-state index is 12.3. The van der Waals surface area contributed by atoms with Crippen LogP contribution in [0.1, 0.15) is 28.4 Å². The Morgan fingerprint density at radius 1 is 1.37 bits per heavy atom. The first-order valence-electron chi connectivity index (χ1n) is 6.13. The van der Waals surface area contributed by atoms with E-state index in [1.807, 2.05) is 32.9 Å². The van der Waals surface area contributed by atoms with Crippen LogP contribution in [0.15, 0.2) is 24.4 Å². The SMILES string of the molecule is CCn1ncc(C)c1NC(=O)c1cccc(C)c1Cl. The van der Waals surface area contributed by atoms with Gasteiger partial charge < -0.3 is 5.32 Å². The molecule has 0 saturated carbocycles. The molecule has 4 nitrogen and oxygen atoms in total. The van der Waals surface area contributed by atoms with Crippen molar-refractivity contribution in [3.05, 3.63) is 46.1 Å². The Labute approximate surface area is 117 Å². The smallest absolute Gasteiger partial charge is 0.258 e. The molecule has 1 aromatic heterocycles. The van der Waals surface area contributed by atoms with Gasteiger partial charge in [-0.1, -0.05) is 23.7 Å². The minimum Gasteiger partial charge on any atom is -0.307 e. The first kappa shape index (κ1) is 13.6. The summed E-state index contributed by atoms with van der Waals surface area (Å²) in [6.45, 7) is 6.46. The Hall–Kier alpha value is -1.81. The summed E-state index contributed by atoms with van der Waals surface area (Å²) in [6.07, 6.45) is 1.73. The summed E-state index contributed by atoms with van der Waals surface area (Å²) in [5.74, 6) is 0.497. The fourth-order valence-electron chi connectivity index (χ4n) is 1.88. The zero-order chi connectivity index (χ0) is 14.0. The lowest BCUT2D eigenvalue weighted by Gasteiger charge is -2.10. The van der Waals surface area contributed by atoms with Crippen molar-refractivity contribution >= 4 is 23.3 Å². The zero-order valence-corrected chi connectivity index (χ0v) is 12.0. The number of amides is 1. The quantitative estimate of drug-likeness (QED) is 0.934. The van der Waals surface area contributed by atoms with Gasteiger partial charge in [0.2, 0.25) is 0 Å². The van der Waals surface area contributed by atoms with Gasteiger partial charge in [0.05, 0.1) is 16.8 Å². The highest BCUT2D eigenvalue weighted by Gasteiger charge is 2.15. The normalized spacial score (nSPS) is 10.5. The van der Waals surface area contributed by atoms with E-state index in [0.29, 0.717) is 22.9 Å². The number of aromatic nitrogens is 2. The van der Waals surface area contributed by atoms with Crippen LogP contribution in [0.5, 0.6) is 0 Å². The van der Waals surface area contributed by atoms with E-state index in [2.05, 4.69) is 10.4 Å². The lowest BCUT2D eigenvalue weighted by Crippen LogP contribution is -2.16. The fraction of sp³-hybridized carbons (Fsp3) is 0.286. The molecule has 100 valence electrons. The third-order valence-electron chi connectivity index (χ3n) is 2.99. The van der Waals surface area contributed by atoms with Crippen LogP contribution in [0.4, 0.5) is 5.82 Å². The second-order valence-electron chi connectivity index (χ2n) is 4.38. The molecule has 2 aromatic rings. The standard InChI is InChI=1S/C14H16ClN3O/c1-4-18-13(10(3)8-16-18)17-14(19)11-7-5-6-9(2)12(11)15/h5-8H,4H2,1-3H3,(H,17,19). The molecule has 0 aliphatic carbocycles. The fourth-order valence-corrected chi connectivity index (χ4v) is 2.09. The maximum atomic E-state index is 12.3. The summed E-state index contributed by atoms with van der Waals surface area (Å²) in [5, 5.41) is 7.55. The van der Waals surface area contributed by atoms with E-state index < -0.39 is 0 Å². The highest BCUT2D eigenvalue weighted by atomic mass is 35.5. The predicted octanol–water partition coefficient (Wildman–Crippen LogP) is 3.43. The number of aryl methyl sites for hydroxylation is 3. The summed E-state index contributed by atoms with van der Waals surface area (Å²) < 4.78 is 1.75. The van der Waals surface area contributed by atoms with Gasteiger partial charge >= 0.3 is 0 Å². The molecule has 0 unspecified atom stereocenters. The van der Waals surface area contributed by atoms with Gasteiger partial charge in [-0.3, -0.25) is 4.79 Å². The van der Waals surface area contributed by atoms with Crippen LogP contribution in [0.2, 0.25) is 5.02 Å². The van der Waals surface area contributed by atoms with Crippen molar-refractivity contribution in [2.75, 3.05) is 5.32 Å². The van der Waals surface area contributed by atoms with Gasteiger partial charge in [0, 0.05) is 12.1 Å². The van der Waals surface area contributed by atoms with Crippen molar-refractivity contribution in [2.45, 2.75) is 27.3 Å². The van der Waals surface area contributed by atoms with E-state index in [9.17, 15) is 4.79 Å². The lowest BCUT2D eigenvalue weighted by molar-refractivity contribution is 0.102. The van der Waals surface area contributed by atoms with E-state index in [1.165, 1.54) is 0 Å². The van der Waals surface area contributed by atoms with Gasteiger partial charge in [-0.25, -0.2) is 4.68 Å². The Bertz CT molecular complexity index is 619. The molecule has 1 amide bonds. The second-order valence-corrected chi connectivity index (χ2v) is 4.76. The summed E-state index contributed by atoms with van der Waals surface area (Å²) in [6, 6.07) is 5.41. The Morgan fingerprint density at radius 2 is 2.11 bits per heavy atom. The number of carbonyl (C=O) groups excluding carboxylic acids is 1. The second kappa shape index (κ2) is 5.45. The Kier molecular flexibility index (Phi) is 3.90. The molecule has 1 aromatic carbocycles. The van der Waals surface area contributed by atoms with Crippen molar-refractivity contribution < 1.29 is 4.79 Å². The van der Waals surface area contributed by atoms with Gasteiger partial charge in [-0.15, -0.1) is 0 Å². The van der Waals surface area contributed by atoms with Crippen molar-refractivity contribution in [1.82, 2.24) is 9.78 Å². The van der Waals surface area contributed by atoms with E-state index in [4.69, 9.17) is 11.6 Å². The molecular weight excluding hydrogens is 262 g/mol. The molecule has 1 N–H and O–H groups in total. The number of anilines is 1. The first-order valence-corrected chi connectivity index (χ1v) is 6.51. The van der Waals surface area contributed by atoms with E-state index >= 15 is 0 Å². The van der Waals surface area contributed by atoms with Gasteiger partial charge in [-0.05, 0) is 32.4 Å². The minimum absolute atomic E-state index is 0.216. The van der Waals surface area contributed by atoms with E-state index in [1.54, 1.807) is 16.9 Å². The Balaban J connectivity index is 2.31. The van der Waals surface area contributed by atoms with Gasteiger partial charge in [0.15, 0.2) is 0 Å². The Morgan fingerprint density at radius 3 is 2.79 bits per heavy atom. The minimum atomic E-state index is -0.216. The molecule has 0 aliphatic heterocycles. The molecule has 0 bridgehead atoms. The largest absolute Gasteiger partial charge is 0.307 e. The van der Waals surface area contributed by atoms with E-state index in [0.717, 1.165) is 11.1 Å². The van der Waals surface area contributed by atoms with E-state index in [-0.39, 0.29) is 5.91 Å². The molecule has 0 saturated heterocycles. The number of hydrogen-bond acceptors (Lipinski definition) is 2. The summed E-state index contributed by atoms with van der Waals surface area (Å²) in [7, 11) is 0. The number of carbonyl (C=O) groups is 1. The third-order valence-corrected chi connectivity index (χ3v) is 3.49. The number of nitrogens with zero attached hydrogens (tertiary/aromatic N) is 2. The number of benzene rings is 1. The topological polar surface area (TPSA) is 46.9 Å². The highest BCUT2D eigenvalue weighted by molar-refractivity contribution is 6.35.